The molecule has 4 heterocycles. The molecule has 0 saturated heterocycles. The first kappa shape index (κ1) is 20.3. The van der Waals surface area contributed by atoms with E-state index < -0.39 is 11.7 Å². The Morgan fingerprint density at radius 2 is 1.97 bits per heavy atom. The number of aromatic nitrogens is 6. The molecule has 1 aromatic carbocycles. The lowest BCUT2D eigenvalue weighted by Gasteiger charge is -2.09. The van der Waals surface area contributed by atoms with Gasteiger partial charge in [-0.3, -0.25) is 14.5 Å². The molecule has 1 N–H and O–H groups in total. The van der Waals surface area contributed by atoms with Crippen LogP contribution < -0.4 is 10.1 Å². The minimum absolute atomic E-state index is 0.0229. The van der Waals surface area contributed by atoms with Crippen LogP contribution in [0.5, 0.6) is 5.75 Å². The monoisotopic (exact) mass is 443 g/mol. The molecule has 0 aliphatic rings. The standard InChI is InChI=1S/C23H18FN7O2/c1-30-21(16(12-26-30)18-10-15(33-2)8-9-25-18)23(32)27-19-11-20-28-22(14-6-4-3-5-7-14)29-31(20)13-17(19)24/h3-13H,1-2H3,(H,27,32). The van der Waals surface area contributed by atoms with E-state index >= 15 is 0 Å². The van der Waals surface area contributed by atoms with Crippen LogP contribution in [0, 0.1) is 5.82 Å². The molecule has 0 bridgehead atoms. The molecule has 0 spiro atoms. The van der Waals surface area contributed by atoms with E-state index in [1.54, 1.807) is 32.5 Å². The van der Waals surface area contributed by atoms with Crippen molar-refractivity contribution in [2.45, 2.75) is 0 Å². The van der Waals surface area contributed by atoms with Crippen LogP contribution in [0.25, 0.3) is 28.3 Å². The van der Waals surface area contributed by atoms with Gasteiger partial charge in [-0.25, -0.2) is 13.9 Å². The van der Waals surface area contributed by atoms with Gasteiger partial charge in [-0.1, -0.05) is 30.3 Å². The molecule has 1 amide bonds. The van der Waals surface area contributed by atoms with Gasteiger partial charge < -0.3 is 10.1 Å². The van der Waals surface area contributed by atoms with Crippen LogP contribution in [0.3, 0.4) is 0 Å². The summed E-state index contributed by atoms with van der Waals surface area (Å²) < 4.78 is 22.8. The minimum atomic E-state index is -0.649. The van der Waals surface area contributed by atoms with E-state index in [1.165, 1.54) is 27.7 Å². The van der Waals surface area contributed by atoms with Gasteiger partial charge >= 0.3 is 0 Å². The number of ether oxygens (including phenoxy) is 1. The number of fused-ring (bicyclic) bond motifs is 1. The third-order valence-electron chi connectivity index (χ3n) is 5.10. The van der Waals surface area contributed by atoms with Crippen molar-refractivity contribution in [3.63, 3.8) is 0 Å². The Morgan fingerprint density at radius 3 is 2.76 bits per heavy atom. The highest BCUT2D eigenvalue weighted by atomic mass is 19.1. The number of aryl methyl sites for hydroxylation is 1. The number of hydrogen-bond acceptors (Lipinski definition) is 6. The first-order valence-electron chi connectivity index (χ1n) is 9.98. The molecule has 10 heteroatoms. The quantitative estimate of drug-likeness (QED) is 0.446. The average molecular weight is 443 g/mol. The molecule has 9 nitrogen and oxygen atoms in total. The Bertz CT molecular complexity index is 1480. The summed E-state index contributed by atoms with van der Waals surface area (Å²) in [5.41, 5.74) is 2.40. The van der Waals surface area contributed by atoms with E-state index in [2.05, 4.69) is 25.5 Å². The molecule has 0 aliphatic carbocycles. The van der Waals surface area contributed by atoms with E-state index in [4.69, 9.17) is 4.74 Å². The average Bonchev–Trinajstić information content (AvgIpc) is 3.43. The van der Waals surface area contributed by atoms with Gasteiger partial charge in [0.2, 0.25) is 0 Å². The largest absolute Gasteiger partial charge is 0.497 e. The Balaban J connectivity index is 1.48. The van der Waals surface area contributed by atoms with Gasteiger partial charge in [0, 0.05) is 30.9 Å². The van der Waals surface area contributed by atoms with Crippen molar-refractivity contribution in [2.24, 2.45) is 7.05 Å². The van der Waals surface area contributed by atoms with Gasteiger partial charge in [0.25, 0.3) is 5.91 Å². The molecular formula is C23H18FN7O2. The second-order valence-electron chi connectivity index (χ2n) is 7.20. The topological polar surface area (TPSA) is 99.2 Å². The SMILES string of the molecule is COc1ccnc(-c2cnn(C)c2C(=O)Nc2cc3nc(-c4ccccc4)nn3cc2F)c1. The molecule has 0 unspecified atom stereocenters. The number of nitrogens with zero attached hydrogens (tertiary/aromatic N) is 6. The van der Waals surface area contributed by atoms with Crippen molar-refractivity contribution in [1.82, 2.24) is 29.4 Å². The number of carbonyl (C=O) groups is 1. The lowest BCUT2D eigenvalue weighted by molar-refractivity contribution is 0.101. The third-order valence-corrected chi connectivity index (χ3v) is 5.10. The predicted octanol–water partition coefficient (Wildman–Crippen LogP) is 3.59. The molecule has 0 saturated carbocycles. The van der Waals surface area contributed by atoms with E-state index in [9.17, 15) is 9.18 Å². The smallest absolute Gasteiger partial charge is 0.274 e. The fourth-order valence-corrected chi connectivity index (χ4v) is 3.47. The van der Waals surface area contributed by atoms with Crippen LogP contribution in [0.15, 0.2) is 67.1 Å². The highest BCUT2D eigenvalue weighted by Gasteiger charge is 2.21. The van der Waals surface area contributed by atoms with Crippen molar-refractivity contribution in [2.75, 3.05) is 12.4 Å². The van der Waals surface area contributed by atoms with Crippen LogP contribution in [0.4, 0.5) is 10.1 Å². The summed E-state index contributed by atoms with van der Waals surface area (Å²) in [6.07, 6.45) is 4.28. The van der Waals surface area contributed by atoms with E-state index in [1.807, 2.05) is 30.3 Å². The highest BCUT2D eigenvalue weighted by Crippen LogP contribution is 2.26. The summed E-state index contributed by atoms with van der Waals surface area (Å²) in [6.45, 7) is 0. The van der Waals surface area contributed by atoms with Gasteiger partial charge in [-0.05, 0) is 6.07 Å². The second-order valence-corrected chi connectivity index (χ2v) is 7.20. The van der Waals surface area contributed by atoms with Gasteiger partial charge in [-0.2, -0.15) is 5.10 Å². The van der Waals surface area contributed by atoms with E-state index in [-0.39, 0.29) is 11.4 Å². The number of carbonyl (C=O) groups excluding carboxylic acids is 1. The van der Waals surface area contributed by atoms with Crippen molar-refractivity contribution in [1.29, 1.82) is 0 Å². The number of rotatable bonds is 5. The molecule has 4 aromatic heterocycles. The Labute approximate surface area is 187 Å². The number of pyridine rings is 2. The first-order chi connectivity index (χ1) is 16.0. The maximum atomic E-state index is 14.8. The normalized spacial score (nSPS) is 11.0. The number of anilines is 1. The van der Waals surface area contributed by atoms with Gasteiger partial charge in [0.15, 0.2) is 17.3 Å². The van der Waals surface area contributed by atoms with E-state index in [0.717, 1.165) is 5.56 Å². The maximum absolute atomic E-state index is 14.8. The number of methoxy groups -OCH3 is 1. The Morgan fingerprint density at radius 1 is 1.15 bits per heavy atom. The van der Waals surface area contributed by atoms with Crippen LogP contribution >= 0.6 is 0 Å². The Kier molecular flexibility index (Phi) is 5.02. The molecule has 0 aliphatic heterocycles. The van der Waals surface area contributed by atoms with Crippen LogP contribution in [0.1, 0.15) is 10.5 Å². The number of halogens is 1. The molecular weight excluding hydrogens is 425 g/mol. The second kappa shape index (κ2) is 8.15. The maximum Gasteiger partial charge on any atom is 0.274 e. The molecule has 5 aromatic rings. The zero-order chi connectivity index (χ0) is 22.9. The summed E-state index contributed by atoms with van der Waals surface area (Å²) in [5, 5.41) is 11.1. The van der Waals surface area contributed by atoms with Crippen molar-refractivity contribution in [3.8, 4) is 28.4 Å². The van der Waals surface area contributed by atoms with Crippen molar-refractivity contribution in [3.05, 3.63) is 78.6 Å². The van der Waals surface area contributed by atoms with Crippen LogP contribution in [-0.4, -0.2) is 42.4 Å². The summed E-state index contributed by atoms with van der Waals surface area (Å²) in [5.74, 6) is -0.145. The molecule has 33 heavy (non-hydrogen) atoms. The fraction of sp³-hybridized carbons (Fsp3) is 0.0870. The zero-order valence-corrected chi connectivity index (χ0v) is 17.7. The highest BCUT2D eigenvalue weighted by molar-refractivity contribution is 6.07. The summed E-state index contributed by atoms with van der Waals surface area (Å²) in [4.78, 5) is 21.9. The summed E-state index contributed by atoms with van der Waals surface area (Å²) in [6, 6.07) is 14.2. The molecule has 164 valence electrons. The van der Waals surface area contributed by atoms with Crippen LogP contribution in [0.2, 0.25) is 0 Å². The number of hydrogen-bond donors (Lipinski definition) is 1. The first-order valence-corrected chi connectivity index (χ1v) is 9.98. The van der Waals surface area contributed by atoms with Gasteiger partial charge in [0.1, 0.15) is 11.4 Å². The minimum Gasteiger partial charge on any atom is -0.497 e. The third kappa shape index (κ3) is 3.78. The molecule has 0 fully saturated rings. The van der Waals surface area contributed by atoms with Gasteiger partial charge in [-0.15, -0.1) is 5.10 Å². The lowest BCUT2D eigenvalue weighted by Crippen LogP contribution is -2.18. The lowest BCUT2D eigenvalue weighted by atomic mass is 10.1. The van der Waals surface area contributed by atoms with Crippen molar-refractivity contribution < 1.29 is 13.9 Å². The molecule has 0 radical (unpaired) electrons. The van der Waals surface area contributed by atoms with E-state index in [0.29, 0.717) is 28.5 Å². The number of benzene rings is 1. The number of amides is 1. The van der Waals surface area contributed by atoms with Crippen molar-refractivity contribution >= 4 is 17.2 Å². The number of nitrogens with one attached hydrogen (secondary N) is 1. The molecule has 0 atom stereocenters. The Hall–Kier alpha value is -4.60. The predicted molar refractivity (Wildman–Crippen MR) is 119 cm³/mol. The summed E-state index contributed by atoms with van der Waals surface area (Å²) >= 11 is 0. The fourth-order valence-electron chi connectivity index (χ4n) is 3.47. The zero-order valence-electron chi connectivity index (χ0n) is 17.7. The van der Waals surface area contributed by atoms with Gasteiger partial charge in [0.05, 0.1) is 36.4 Å². The van der Waals surface area contributed by atoms with Crippen LogP contribution in [-0.2, 0) is 7.05 Å². The summed E-state index contributed by atoms with van der Waals surface area (Å²) in [7, 11) is 3.17. The molecule has 5 rings (SSSR count).